The standard InChI is InChI=1S/C35H35N3O4/c39-30(35-18-24-15-25(19-35)17-26(16-24)20-35)21-38-29-14-8-7-13-28(29)31(27-11-5-2-6-12-27)36-32(33(38)40)37-34(41)42-22-23-9-3-1-4-10-23/h1-14,24-26,32H,15-22H2,(H,37,41)/t24?,25?,26?,32-,35?/m1/s1. The fourth-order valence-corrected chi connectivity index (χ4v) is 8.15. The van der Waals surface area contributed by atoms with E-state index in [9.17, 15) is 14.4 Å². The molecule has 7 heteroatoms. The van der Waals surface area contributed by atoms with Gasteiger partial charge in [0.1, 0.15) is 6.61 Å². The predicted molar refractivity (Wildman–Crippen MR) is 160 cm³/mol. The van der Waals surface area contributed by atoms with Gasteiger partial charge >= 0.3 is 6.09 Å². The van der Waals surface area contributed by atoms with Crippen LogP contribution >= 0.6 is 0 Å². The lowest BCUT2D eigenvalue weighted by Crippen LogP contribution is -2.55. The maximum Gasteiger partial charge on any atom is 0.409 e. The molecule has 3 aromatic carbocycles. The van der Waals surface area contributed by atoms with Crippen molar-refractivity contribution in [3.8, 4) is 0 Å². The first-order chi connectivity index (χ1) is 20.5. The van der Waals surface area contributed by atoms with Crippen LogP contribution in [0.15, 0.2) is 89.9 Å². The third kappa shape index (κ3) is 5.02. The highest BCUT2D eigenvalue weighted by atomic mass is 16.5. The summed E-state index contributed by atoms with van der Waals surface area (Å²) in [6, 6.07) is 26.6. The molecular weight excluding hydrogens is 526 g/mol. The fraction of sp³-hybridized carbons (Fsp3) is 0.371. The molecule has 0 unspecified atom stereocenters. The highest BCUT2D eigenvalue weighted by Crippen LogP contribution is 2.60. The number of anilines is 1. The van der Waals surface area contributed by atoms with Crippen molar-refractivity contribution < 1.29 is 19.1 Å². The number of carbonyl (C=O) groups is 3. The van der Waals surface area contributed by atoms with E-state index < -0.39 is 18.2 Å². The number of benzene rings is 3. The Balaban J connectivity index is 1.21. The van der Waals surface area contributed by atoms with Gasteiger partial charge in [-0.05, 0) is 67.9 Å². The molecule has 0 radical (unpaired) electrons. The van der Waals surface area contributed by atoms with E-state index in [0.717, 1.165) is 36.0 Å². The Hall–Kier alpha value is -4.26. The van der Waals surface area contributed by atoms with Gasteiger partial charge in [0.05, 0.1) is 17.9 Å². The summed E-state index contributed by atoms with van der Waals surface area (Å²) in [4.78, 5) is 47.8. The van der Waals surface area contributed by atoms with Gasteiger partial charge in [0.15, 0.2) is 5.78 Å². The third-order valence-corrected chi connectivity index (χ3v) is 9.65. The van der Waals surface area contributed by atoms with E-state index in [4.69, 9.17) is 9.73 Å². The van der Waals surface area contributed by atoms with Crippen LogP contribution in [0.3, 0.4) is 0 Å². The van der Waals surface area contributed by atoms with Crippen molar-refractivity contribution >= 4 is 29.2 Å². The number of ketones is 1. The van der Waals surface area contributed by atoms with Crippen molar-refractivity contribution in [2.75, 3.05) is 11.4 Å². The van der Waals surface area contributed by atoms with E-state index in [-0.39, 0.29) is 24.3 Å². The van der Waals surface area contributed by atoms with Crippen molar-refractivity contribution in [1.82, 2.24) is 5.32 Å². The van der Waals surface area contributed by atoms with Gasteiger partial charge in [0, 0.05) is 16.5 Å². The van der Waals surface area contributed by atoms with Crippen molar-refractivity contribution in [2.24, 2.45) is 28.2 Å². The number of nitrogens with zero attached hydrogens (tertiary/aromatic N) is 2. The van der Waals surface area contributed by atoms with Gasteiger partial charge in [-0.3, -0.25) is 14.9 Å². The molecule has 5 aliphatic rings. The van der Waals surface area contributed by atoms with Crippen molar-refractivity contribution in [2.45, 2.75) is 51.3 Å². The Bertz CT molecular complexity index is 1500. The van der Waals surface area contributed by atoms with Gasteiger partial charge < -0.3 is 9.64 Å². The van der Waals surface area contributed by atoms with Crippen LogP contribution in [-0.2, 0) is 20.9 Å². The maximum absolute atomic E-state index is 14.3. The Morgan fingerprint density at radius 2 is 1.43 bits per heavy atom. The molecule has 0 spiro atoms. The molecule has 0 saturated heterocycles. The van der Waals surface area contributed by atoms with Gasteiger partial charge in [-0.2, -0.15) is 0 Å². The SMILES string of the molecule is O=C(N[C@H]1N=C(c2ccccc2)c2ccccc2N(CC(=O)C23CC4CC(CC(C4)C2)C3)C1=O)OCc1ccccc1. The lowest BCUT2D eigenvalue weighted by molar-refractivity contribution is -0.143. The summed E-state index contributed by atoms with van der Waals surface area (Å²) >= 11 is 0. The van der Waals surface area contributed by atoms with Crippen LogP contribution in [0.1, 0.15) is 55.2 Å². The summed E-state index contributed by atoms with van der Waals surface area (Å²) in [5.74, 6) is 1.55. The molecule has 42 heavy (non-hydrogen) atoms. The summed E-state index contributed by atoms with van der Waals surface area (Å²) in [6.45, 7) is 0.0358. The number of aliphatic imine (C=N–C) groups is 1. The minimum Gasteiger partial charge on any atom is -0.445 e. The second-order valence-electron chi connectivity index (χ2n) is 12.5. The molecule has 3 aromatic rings. The van der Waals surface area contributed by atoms with Gasteiger partial charge in [-0.1, -0.05) is 78.9 Å². The first-order valence-electron chi connectivity index (χ1n) is 15.0. The zero-order valence-electron chi connectivity index (χ0n) is 23.6. The van der Waals surface area contributed by atoms with E-state index in [1.54, 1.807) is 4.90 Å². The zero-order chi connectivity index (χ0) is 28.7. The average molecular weight is 562 g/mol. The molecule has 1 atom stereocenters. The molecular formula is C35H35N3O4. The number of para-hydroxylation sites is 1. The number of hydrogen-bond donors (Lipinski definition) is 1. The Labute approximate surface area is 246 Å². The average Bonchev–Trinajstić information content (AvgIpc) is 3.11. The number of benzodiazepines with no additional fused rings is 1. The number of fused-ring (bicyclic) bond motifs is 1. The molecule has 4 bridgehead atoms. The van der Waals surface area contributed by atoms with Crippen LogP contribution < -0.4 is 10.2 Å². The highest BCUT2D eigenvalue weighted by Gasteiger charge is 2.54. The number of hydrogen-bond acceptors (Lipinski definition) is 5. The van der Waals surface area contributed by atoms with Crippen LogP contribution in [0.2, 0.25) is 0 Å². The molecule has 1 N–H and O–H groups in total. The minimum atomic E-state index is -1.25. The Morgan fingerprint density at radius 1 is 0.833 bits per heavy atom. The number of ether oxygens (including phenoxy) is 1. The van der Waals surface area contributed by atoms with Crippen LogP contribution in [0.4, 0.5) is 10.5 Å². The largest absolute Gasteiger partial charge is 0.445 e. The van der Waals surface area contributed by atoms with Crippen molar-refractivity contribution in [3.63, 3.8) is 0 Å². The van der Waals surface area contributed by atoms with Crippen molar-refractivity contribution in [1.29, 1.82) is 0 Å². The first kappa shape index (κ1) is 26.6. The number of alkyl carbamates (subject to hydrolysis) is 1. The lowest BCUT2D eigenvalue weighted by Gasteiger charge is -2.56. The minimum absolute atomic E-state index is 0.0309. The molecule has 1 aliphatic heterocycles. The summed E-state index contributed by atoms with van der Waals surface area (Å²) in [5, 5.41) is 2.70. The number of rotatable bonds is 7. The lowest BCUT2D eigenvalue weighted by atomic mass is 9.48. The second kappa shape index (κ2) is 10.9. The van der Waals surface area contributed by atoms with Crippen molar-refractivity contribution in [3.05, 3.63) is 102 Å². The summed E-state index contributed by atoms with van der Waals surface area (Å²) < 4.78 is 5.46. The predicted octanol–water partition coefficient (Wildman–Crippen LogP) is 5.91. The smallest absolute Gasteiger partial charge is 0.409 e. The maximum atomic E-state index is 14.3. The molecule has 8 rings (SSSR count). The molecule has 4 fully saturated rings. The molecule has 2 amide bonds. The molecule has 214 valence electrons. The monoisotopic (exact) mass is 561 g/mol. The summed E-state index contributed by atoms with van der Waals surface area (Å²) in [5.41, 5.74) is 3.26. The van der Waals surface area contributed by atoms with Crippen LogP contribution in [0.25, 0.3) is 0 Å². The number of Topliss-reactive ketones (excluding diaryl/α,β-unsaturated/α-hetero) is 1. The van der Waals surface area contributed by atoms with E-state index in [0.29, 0.717) is 29.2 Å². The normalized spacial score (nSPS) is 27.6. The highest BCUT2D eigenvalue weighted by molar-refractivity contribution is 6.21. The zero-order valence-corrected chi connectivity index (χ0v) is 23.6. The Morgan fingerprint density at radius 3 is 2.10 bits per heavy atom. The molecule has 4 aliphatic carbocycles. The second-order valence-corrected chi connectivity index (χ2v) is 12.5. The summed E-state index contributed by atoms with van der Waals surface area (Å²) in [7, 11) is 0. The van der Waals surface area contributed by atoms with E-state index >= 15 is 0 Å². The molecule has 0 aromatic heterocycles. The van der Waals surface area contributed by atoms with Gasteiger partial charge in [-0.25, -0.2) is 9.79 Å². The summed E-state index contributed by atoms with van der Waals surface area (Å²) in [6.07, 6.45) is 4.52. The van der Waals surface area contributed by atoms with Crippen LogP contribution in [0.5, 0.6) is 0 Å². The van der Waals surface area contributed by atoms with E-state index in [1.165, 1.54) is 19.3 Å². The van der Waals surface area contributed by atoms with Gasteiger partial charge in [-0.15, -0.1) is 0 Å². The Kier molecular flexibility index (Phi) is 6.88. The number of carbonyl (C=O) groups excluding carboxylic acids is 3. The number of nitrogens with one attached hydrogen (secondary N) is 1. The number of amides is 2. The van der Waals surface area contributed by atoms with Gasteiger partial charge in [0.25, 0.3) is 5.91 Å². The fourth-order valence-electron chi connectivity index (χ4n) is 8.15. The molecule has 1 heterocycles. The molecule has 7 nitrogen and oxygen atoms in total. The topological polar surface area (TPSA) is 88.1 Å². The molecule has 4 saturated carbocycles. The van der Waals surface area contributed by atoms with Crippen LogP contribution in [0, 0.1) is 23.2 Å². The quantitative estimate of drug-likeness (QED) is 0.389. The van der Waals surface area contributed by atoms with E-state index in [1.807, 2.05) is 84.9 Å². The first-order valence-corrected chi connectivity index (χ1v) is 15.0. The van der Waals surface area contributed by atoms with E-state index in [2.05, 4.69) is 5.32 Å². The van der Waals surface area contributed by atoms with Gasteiger partial charge in [0.2, 0.25) is 6.17 Å². The van der Waals surface area contributed by atoms with Crippen LogP contribution in [-0.4, -0.2) is 36.2 Å². The third-order valence-electron chi connectivity index (χ3n) is 9.65.